The molecule has 0 bridgehead atoms. The van der Waals surface area contributed by atoms with E-state index in [1.54, 1.807) is 0 Å². The average Bonchev–Trinajstić information content (AvgIpc) is 2.17. The van der Waals surface area contributed by atoms with E-state index in [1.807, 2.05) is 13.8 Å². The highest BCUT2D eigenvalue weighted by Gasteiger charge is 2.06. The van der Waals surface area contributed by atoms with E-state index >= 15 is 0 Å². The lowest BCUT2D eigenvalue weighted by Gasteiger charge is -2.17. The summed E-state index contributed by atoms with van der Waals surface area (Å²) in [5.74, 6) is 0.548. The third-order valence-corrected chi connectivity index (χ3v) is 1.71. The highest BCUT2D eigenvalue weighted by molar-refractivity contribution is 4.46. The van der Waals surface area contributed by atoms with Crippen molar-refractivity contribution in [3.8, 4) is 0 Å². The van der Waals surface area contributed by atoms with Gasteiger partial charge in [-0.2, -0.15) is 0 Å². The van der Waals surface area contributed by atoms with Gasteiger partial charge in [-0.1, -0.05) is 13.8 Å². The summed E-state index contributed by atoms with van der Waals surface area (Å²) in [5.41, 5.74) is 2.90. The fourth-order valence-electron chi connectivity index (χ4n) is 1.06. The summed E-state index contributed by atoms with van der Waals surface area (Å²) >= 11 is 0. The Labute approximate surface area is 93.2 Å². The Hall–Kier alpha value is -0.160. The molecule has 0 fully saturated rings. The number of hydrogen-bond donors (Lipinski definition) is 1. The molecule has 4 nitrogen and oxygen atoms in total. The van der Waals surface area contributed by atoms with Crippen LogP contribution in [0.2, 0.25) is 0 Å². The van der Waals surface area contributed by atoms with Gasteiger partial charge in [-0.15, -0.1) is 0 Å². The largest absolute Gasteiger partial charge is 0.353 e. The maximum absolute atomic E-state index is 5.39. The van der Waals surface area contributed by atoms with Gasteiger partial charge in [0.15, 0.2) is 6.29 Å². The van der Waals surface area contributed by atoms with E-state index in [1.165, 1.54) is 0 Å². The Kier molecular flexibility index (Phi) is 10.3. The molecule has 92 valence electrons. The molecule has 0 rings (SSSR count). The normalized spacial score (nSPS) is 11.6. The average molecular weight is 219 g/mol. The summed E-state index contributed by atoms with van der Waals surface area (Å²) in [7, 11) is 0. The second-order valence-corrected chi connectivity index (χ2v) is 3.73. The van der Waals surface area contributed by atoms with Gasteiger partial charge in [0.25, 0.3) is 0 Å². The minimum absolute atomic E-state index is 0.116. The monoisotopic (exact) mass is 219 g/mol. The molecule has 15 heavy (non-hydrogen) atoms. The molecule has 1 N–H and O–H groups in total. The van der Waals surface area contributed by atoms with Gasteiger partial charge in [0, 0.05) is 26.2 Å². The minimum Gasteiger partial charge on any atom is -0.353 e. The van der Waals surface area contributed by atoms with E-state index in [9.17, 15) is 0 Å². The van der Waals surface area contributed by atoms with E-state index in [-0.39, 0.29) is 6.29 Å². The molecule has 0 unspecified atom stereocenters. The van der Waals surface area contributed by atoms with Gasteiger partial charge in [0.2, 0.25) is 0 Å². The molecule has 0 spiro atoms. The van der Waals surface area contributed by atoms with Crippen molar-refractivity contribution in [2.75, 3.05) is 26.4 Å². The van der Waals surface area contributed by atoms with Crippen LogP contribution in [-0.2, 0) is 14.3 Å². The maximum atomic E-state index is 5.39. The Balaban J connectivity index is 3.36. The lowest BCUT2D eigenvalue weighted by atomic mass is 10.2. The first-order chi connectivity index (χ1) is 7.20. The summed E-state index contributed by atoms with van der Waals surface area (Å²) in [4.78, 5) is 5.24. The molecule has 0 atom stereocenters. The number of hydrogen-bond acceptors (Lipinski definition) is 4. The molecule has 0 aliphatic carbocycles. The summed E-state index contributed by atoms with van der Waals surface area (Å²) in [5, 5.41) is 0. The van der Waals surface area contributed by atoms with E-state index in [0.717, 1.165) is 19.6 Å². The van der Waals surface area contributed by atoms with E-state index in [0.29, 0.717) is 19.1 Å². The zero-order valence-electron chi connectivity index (χ0n) is 10.4. The Morgan fingerprint density at radius 2 is 1.67 bits per heavy atom. The molecular weight excluding hydrogens is 194 g/mol. The van der Waals surface area contributed by atoms with E-state index in [2.05, 4.69) is 19.3 Å². The van der Waals surface area contributed by atoms with Gasteiger partial charge >= 0.3 is 0 Å². The lowest BCUT2D eigenvalue weighted by Crippen LogP contribution is -2.26. The van der Waals surface area contributed by atoms with Gasteiger partial charge in [-0.3, -0.25) is 0 Å². The highest BCUT2D eigenvalue weighted by Crippen LogP contribution is 1.99. The van der Waals surface area contributed by atoms with Crippen LogP contribution < -0.4 is 5.48 Å². The molecule has 0 aromatic carbocycles. The molecule has 0 radical (unpaired) electrons. The fraction of sp³-hybridized carbons (Fsp3) is 1.00. The van der Waals surface area contributed by atoms with Crippen LogP contribution in [0.5, 0.6) is 0 Å². The molecule has 0 heterocycles. The first kappa shape index (κ1) is 14.8. The predicted molar refractivity (Wildman–Crippen MR) is 60.4 cm³/mol. The zero-order chi connectivity index (χ0) is 11.5. The third-order valence-electron chi connectivity index (χ3n) is 1.71. The van der Waals surface area contributed by atoms with Crippen LogP contribution in [-0.4, -0.2) is 32.7 Å². The Morgan fingerprint density at radius 3 is 2.13 bits per heavy atom. The minimum atomic E-state index is -0.116. The van der Waals surface area contributed by atoms with Crippen molar-refractivity contribution in [1.29, 1.82) is 0 Å². The SMILES string of the molecule is CCOC(CCNOCC(C)C)OCC. The van der Waals surface area contributed by atoms with Gasteiger partial charge in [0.1, 0.15) is 0 Å². The van der Waals surface area contributed by atoms with Crippen LogP contribution in [0, 0.1) is 5.92 Å². The summed E-state index contributed by atoms with van der Waals surface area (Å²) in [6.07, 6.45) is 0.690. The van der Waals surface area contributed by atoms with Crippen molar-refractivity contribution in [3.63, 3.8) is 0 Å². The Morgan fingerprint density at radius 1 is 1.07 bits per heavy atom. The number of rotatable bonds is 10. The predicted octanol–water partition coefficient (Wildman–Crippen LogP) is 1.95. The quantitative estimate of drug-likeness (QED) is 0.346. The summed E-state index contributed by atoms with van der Waals surface area (Å²) in [6.45, 7) is 11.0. The summed E-state index contributed by atoms with van der Waals surface area (Å²) < 4.78 is 10.8. The number of ether oxygens (including phenoxy) is 2. The van der Waals surface area contributed by atoms with Gasteiger partial charge in [0.05, 0.1) is 6.61 Å². The van der Waals surface area contributed by atoms with Crippen molar-refractivity contribution in [2.24, 2.45) is 5.92 Å². The molecule has 0 aliphatic rings. The van der Waals surface area contributed by atoms with E-state index < -0.39 is 0 Å². The van der Waals surface area contributed by atoms with Crippen LogP contribution in [0.25, 0.3) is 0 Å². The zero-order valence-corrected chi connectivity index (χ0v) is 10.4. The van der Waals surface area contributed by atoms with E-state index in [4.69, 9.17) is 14.3 Å². The highest BCUT2D eigenvalue weighted by atomic mass is 16.7. The molecule has 0 saturated heterocycles. The van der Waals surface area contributed by atoms with Crippen molar-refractivity contribution in [2.45, 2.75) is 40.4 Å². The smallest absolute Gasteiger partial charge is 0.158 e. The maximum Gasteiger partial charge on any atom is 0.158 e. The van der Waals surface area contributed by atoms with Gasteiger partial charge < -0.3 is 14.3 Å². The third kappa shape index (κ3) is 10.1. The Bertz CT molecular complexity index is 125. The molecular formula is C11H25NO3. The van der Waals surface area contributed by atoms with Crippen LogP contribution in [0.1, 0.15) is 34.1 Å². The van der Waals surface area contributed by atoms with Crippen LogP contribution in [0.15, 0.2) is 0 Å². The molecule has 0 aromatic heterocycles. The van der Waals surface area contributed by atoms with Crippen molar-refractivity contribution >= 4 is 0 Å². The molecule has 4 heteroatoms. The van der Waals surface area contributed by atoms with Crippen LogP contribution in [0.4, 0.5) is 0 Å². The lowest BCUT2D eigenvalue weighted by molar-refractivity contribution is -0.142. The number of hydroxylamine groups is 1. The summed E-state index contributed by atoms with van der Waals surface area (Å²) in [6, 6.07) is 0. The van der Waals surface area contributed by atoms with Gasteiger partial charge in [-0.25, -0.2) is 5.48 Å². The second kappa shape index (κ2) is 10.4. The van der Waals surface area contributed by atoms with Gasteiger partial charge in [-0.05, 0) is 19.8 Å². The standard InChI is InChI=1S/C11H25NO3/c1-5-13-11(14-6-2)7-8-12-15-9-10(3)4/h10-12H,5-9H2,1-4H3. The molecule has 0 saturated carbocycles. The topological polar surface area (TPSA) is 39.7 Å². The van der Waals surface area contributed by atoms with Crippen molar-refractivity contribution < 1.29 is 14.3 Å². The first-order valence-corrected chi connectivity index (χ1v) is 5.78. The molecule has 0 aromatic rings. The second-order valence-electron chi connectivity index (χ2n) is 3.73. The first-order valence-electron chi connectivity index (χ1n) is 5.78. The van der Waals surface area contributed by atoms with Crippen LogP contribution in [0.3, 0.4) is 0 Å². The molecule has 0 amide bonds. The fourth-order valence-corrected chi connectivity index (χ4v) is 1.06. The van der Waals surface area contributed by atoms with Crippen molar-refractivity contribution in [1.82, 2.24) is 5.48 Å². The number of nitrogens with one attached hydrogen (secondary N) is 1. The van der Waals surface area contributed by atoms with Crippen LogP contribution >= 0.6 is 0 Å². The van der Waals surface area contributed by atoms with Crippen molar-refractivity contribution in [3.05, 3.63) is 0 Å². The molecule has 0 aliphatic heterocycles.